The van der Waals surface area contributed by atoms with Crippen LogP contribution in [-0.4, -0.2) is 151 Å². The van der Waals surface area contributed by atoms with Crippen molar-refractivity contribution in [1.29, 1.82) is 0 Å². The largest absolute Gasteiger partial charge is 0.378 e. The third-order valence-electron chi connectivity index (χ3n) is 20.8. The van der Waals surface area contributed by atoms with Crippen LogP contribution in [0.2, 0.25) is 0 Å². The molecule has 582 valence electrons. The Labute approximate surface area is 611 Å². The van der Waals surface area contributed by atoms with E-state index in [0.717, 1.165) is 13.2 Å². The van der Waals surface area contributed by atoms with Gasteiger partial charge in [-0.15, -0.1) is 0 Å². The van der Waals surface area contributed by atoms with Gasteiger partial charge in [-0.25, -0.2) is 0 Å². The van der Waals surface area contributed by atoms with Crippen LogP contribution in [0.3, 0.4) is 0 Å². The zero-order chi connectivity index (χ0) is 72.6. The van der Waals surface area contributed by atoms with Crippen molar-refractivity contribution in [2.75, 3.05) is 33.4 Å². The zero-order valence-corrected chi connectivity index (χ0v) is 71.0. The highest BCUT2D eigenvalue weighted by Gasteiger charge is 2.51. The fourth-order valence-corrected chi connectivity index (χ4v) is 16.1. The third kappa shape index (κ3) is 30.5. The molecule has 96 heavy (non-hydrogen) atoms. The first-order valence-electron chi connectivity index (χ1n) is 37.2. The Morgan fingerprint density at radius 2 is 0.448 bits per heavy atom. The first-order valence-corrected chi connectivity index (χ1v) is 37.2. The minimum atomic E-state index is 0. The van der Waals surface area contributed by atoms with Crippen LogP contribution >= 0.6 is 0 Å². The molecule has 0 N–H and O–H groups in total. The summed E-state index contributed by atoms with van der Waals surface area (Å²) in [5.74, 6) is 0. The lowest BCUT2D eigenvalue weighted by molar-refractivity contribution is -0.148. The van der Waals surface area contributed by atoms with Crippen molar-refractivity contribution in [1.82, 2.24) is 29.4 Å². The Balaban J connectivity index is -0.000000355. The van der Waals surface area contributed by atoms with E-state index in [0.29, 0.717) is 92.9 Å². The molecule has 0 amide bonds. The smallest absolute Gasteiger partial charge is 0.0628 e. The van der Waals surface area contributed by atoms with Gasteiger partial charge < -0.3 is 9.64 Å². The van der Waals surface area contributed by atoms with Crippen LogP contribution < -0.4 is 0 Å². The van der Waals surface area contributed by atoms with E-state index in [1.54, 1.807) is 0 Å². The van der Waals surface area contributed by atoms with Crippen LogP contribution in [0.25, 0.3) is 0 Å². The molecular formula is C89H190N6O. The van der Waals surface area contributed by atoms with Gasteiger partial charge in [-0.1, -0.05) is 276 Å². The van der Waals surface area contributed by atoms with Crippen LogP contribution in [0.4, 0.5) is 0 Å². The molecule has 10 unspecified atom stereocenters. The third-order valence-corrected chi connectivity index (χ3v) is 20.8. The van der Waals surface area contributed by atoms with Crippen LogP contribution in [-0.2, 0) is 4.74 Å². The number of likely N-dealkylation sites (tertiary alicyclic amines) is 1. The topological polar surface area (TPSA) is 28.7 Å². The summed E-state index contributed by atoms with van der Waals surface area (Å²) in [4.78, 5) is 16.3. The minimum absolute atomic E-state index is 0. The molecule has 3 fully saturated rings. The molecule has 7 heteroatoms. The second-order valence-corrected chi connectivity index (χ2v) is 45.6. The predicted octanol–water partition coefficient (Wildman–Crippen LogP) is 25.8. The second kappa shape index (κ2) is 35.8. The van der Waals surface area contributed by atoms with Gasteiger partial charge >= 0.3 is 0 Å². The van der Waals surface area contributed by atoms with Crippen molar-refractivity contribution in [2.24, 2.45) is 54.1 Å². The number of rotatable bonds is 0. The van der Waals surface area contributed by atoms with Gasteiger partial charge in [0.1, 0.15) is 0 Å². The number of ether oxygens (including phenoxy) is 1. The Bertz CT molecular complexity index is 2000. The highest BCUT2D eigenvalue weighted by Crippen LogP contribution is 2.47. The molecule has 0 saturated carbocycles. The van der Waals surface area contributed by atoms with Crippen molar-refractivity contribution >= 4 is 0 Å². The monoisotopic (exact) mass is 1360 g/mol. The van der Waals surface area contributed by atoms with Gasteiger partial charge in [0.15, 0.2) is 0 Å². The molecule has 0 bridgehead atoms. The van der Waals surface area contributed by atoms with E-state index < -0.39 is 0 Å². The van der Waals surface area contributed by atoms with Gasteiger partial charge in [-0.05, 0) is 191 Å². The van der Waals surface area contributed by atoms with E-state index in [-0.39, 0.29) is 86.5 Å². The van der Waals surface area contributed by atoms with Crippen molar-refractivity contribution in [3.05, 3.63) is 24.3 Å². The summed E-state index contributed by atoms with van der Waals surface area (Å²) in [5.41, 5.74) is 4.15. The van der Waals surface area contributed by atoms with Gasteiger partial charge in [-0.3, -0.25) is 24.5 Å². The molecule has 7 nitrogen and oxygen atoms in total. The standard InChI is InChI=1S/C17H36N2.C17H35N.2C17H33N.C16H33NO.5CH4/c1-15(2,3)13-11-18(10)12-14(16(4,5)6)19(13)17(7,8)9;3*1-15(2,3)13-11-10-12-14(16(4,5)6)18(13)17(7,8)9;1-14(2,3)12-10-18-11-13(15(4,5)6)17(12)16(7,8)9;;;;;/h13-14H,11-12H2,1-10H3;13-14H,10-12H2,1-9H3;2*10-11,13-14H,12H2,1-9H3;12-13H,10-11H2,1-9H3;5*1H4. The molecular weight excluding hydrogens is 1170 g/mol. The SMILES string of the molecule is C.C.C.C.C.CC(C)(C)C1C=CCC(C(C)(C)C)N1C(C)(C)C.CC(C)(C)C1C=CCC(C(C)(C)C)N1C(C)(C)C.CC(C)(C)C1CCCC(C(C)(C)C)N1C(C)(C)C.CC(C)(C)C1COCC(C(C)(C)C)N1C(C)(C)C.CN1CC(C(C)(C)C)N(C(C)(C)C)C(C(C)(C)C)C1. The Morgan fingerprint density at radius 1 is 0.250 bits per heavy atom. The number of hydrogen-bond acceptors (Lipinski definition) is 7. The fourth-order valence-electron chi connectivity index (χ4n) is 16.1. The molecule has 5 heterocycles. The summed E-state index contributed by atoms with van der Waals surface area (Å²) in [7, 11) is 2.28. The summed E-state index contributed by atoms with van der Waals surface area (Å²) >= 11 is 0. The van der Waals surface area contributed by atoms with Gasteiger partial charge in [-0.2, -0.15) is 0 Å². The fraction of sp³-hybridized carbons (Fsp3) is 0.955. The molecule has 5 rings (SSSR count). The normalized spacial score (nSPS) is 26.7. The molecule has 0 aromatic carbocycles. The lowest BCUT2D eigenvalue weighted by Crippen LogP contribution is -2.69. The van der Waals surface area contributed by atoms with Gasteiger partial charge in [0.25, 0.3) is 0 Å². The quantitative estimate of drug-likeness (QED) is 0.223. The average molecular weight is 1360 g/mol. The number of morpholine rings is 1. The summed E-state index contributed by atoms with van der Waals surface area (Å²) in [6.07, 6.45) is 16.1. The number of likely N-dealkylation sites (N-methyl/N-ethyl adjacent to an activating group) is 1. The van der Waals surface area contributed by atoms with E-state index in [2.05, 4.69) is 372 Å². The summed E-state index contributed by atoms with van der Waals surface area (Å²) < 4.78 is 5.93. The van der Waals surface area contributed by atoms with Gasteiger partial charge in [0.05, 0.1) is 13.2 Å². The Hall–Kier alpha value is -0.800. The number of piperazine rings is 1. The Morgan fingerprint density at radius 3 is 0.635 bits per heavy atom. The first-order chi connectivity index (χ1) is 39.6. The maximum absolute atomic E-state index is 5.93. The van der Waals surface area contributed by atoms with Crippen molar-refractivity contribution in [3.63, 3.8) is 0 Å². The molecule has 0 spiro atoms. The van der Waals surface area contributed by atoms with Crippen molar-refractivity contribution < 1.29 is 4.74 Å². The van der Waals surface area contributed by atoms with Crippen molar-refractivity contribution in [2.45, 2.75) is 469 Å². The average Bonchev–Trinajstić information content (AvgIpc) is 0.801. The van der Waals surface area contributed by atoms with Crippen LogP contribution in [0.5, 0.6) is 0 Å². The number of piperidine rings is 1. The molecule has 5 aliphatic rings. The van der Waals surface area contributed by atoms with Crippen LogP contribution in [0.15, 0.2) is 24.3 Å². The summed E-state index contributed by atoms with van der Waals surface area (Å²) in [5, 5.41) is 0. The molecule has 0 aromatic heterocycles. The van der Waals surface area contributed by atoms with E-state index in [1.807, 2.05) is 0 Å². The maximum Gasteiger partial charge on any atom is 0.0628 e. The van der Waals surface area contributed by atoms with Crippen LogP contribution in [0.1, 0.15) is 381 Å². The molecule has 10 atom stereocenters. The molecule has 0 aliphatic carbocycles. The molecule has 3 saturated heterocycles. The second-order valence-electron chi connectivity index (χ2n) is 45.6. The highest BCUT2D eigenvalue weighted by atomic mass is 16.5. The number of hydrogen-bond donors (Lipinski definition) is 0. The summed E-state index contributed by atoms with van der Waals surface area (Å²) in [6, 6.07) is 5.87. The zero-order valence-electron chi connectivity index (χ0n) is 71.0. The van der Waals surface area contributed by atoms with Gasteiger partial charge in [0.2, 0.25) is 0 Å². The highest BCUT2D eigenvalue weighted by molar-refractivity contribution is 5.14. The van der Waals surface area contributed by atoms with Crippen LogP contribution in [0, 0.1) is 54.1 Å². The number of nitrogens with zero attached hydrogens (tertiary/aromatic N) is 6. The molecule has 5 aliphatic heterocycles. The van der Waals surface area contributed by atoms with E-state index in [4.69, 9.17) is 4.74 Å². The van der Waals surface area contributed by atoms with Gasteiger partial charge in [0, 0.05) is 101 Å². The predicted molar refractivity (Wildman–Crippen MR) is 444 cm³/mol. The molecule has 0 aromatic rings. The van der Waals surface area contributed by atoms with E-state index in [9.17, 15) is 0 Å². The Kier molecular flexibility index (Phi) is 38.7. The minimum Gasteiger partial charge on any atom is -0.378 e. The lowest BCUT2D eigenvalue weighted by atomic mass is 9.71. The lowest BCUT2D eigenvalue weighted by Gasteiger charge is -2.59. The first kappa shape index (κ1) is 104. The van der Waals surface area contributed by atoms with E-state index in [1.165, 1.54) is 45.2 Å². The maximum atomic E-state index is 5.93. The summed E-state index contributed by atoms with van der Waals surface area (Å²) in [6.45, 7) is 110. The molecule has 0 radical (unpaired) electrons. The van der Waals surface area contributed by atoms with E-state index >= 15 is 0 Å². The van der Waals surface area contributed by atoms with Crippen molar-refractivity contribution in [3.8, 4) is 0 Å².